The number of ether oxygens (including phenoxy) is 1. The minimum Gasteiger partial charge on any atom is -0.497 e. The molecule has 3 heterocycles. The van der Waals surface area contributed by atoms with E-state index < -0.39 is 17.3 Å². The molecule has 1 aliphatic rings. The Morgan fingerprint density at radius 1 is 1.16 bits per heavy atom. The monoisotopic (exact) mass is 518 g/mol. The summed E-state index contributed by atoms with van der Waals surface area (Å²) in [5.41, 5.74) is 1.64. The summed E-state index contributed by atoms with van der Waals surface area (Å²) in [6.07, 6.45) is 1.29. The number of benzene rings is 2. The van der Waals surface area contributed by atoms with Crippen LogP contribution < -0.4 is 21.3 Å². The van der Waals surface area contributed by atoms with E-state index >= 15 is 0 Å². The minimum atomic E-state index is -0.885. The molecule has 5 rings (SSSR count). The van der Waals surface area contributed by atoms with Crippen molar-refractivity contribution in [1.82, 2.24) is 23.8 Å². The SMILES string of the molecule is COc1ccc(Cn2c(=O)ccn(-c3nn(C)c4cc(N[C@@H]5CCN(C(=O)O)C[C@H]5C)ccc34)c2=O)cc1. The van der Waals surface area contributed by atoms with Crippen molar-refractivity contribution in [2.45, 2.75) is 25.9 Å². The molecular weight excluding hydrogens is 488 g/mol. The molecule has 2 atom stereocenters. The molecule has 198 valence electrons. The van der Waals surface area contributed by atoms with E-state index in [0.29, 0.717) is 31.1 Å². The third kappa shape index (κ3) is 4.74. The molecule has 0 saturated carbocycles. The number of piperidine rings is 1. The second kappa shape index (κ2) is 10.1. The van der Waals surface area contributed by atoms with E-state index in [-0.39, 0.29) is 18.5 Å². The summed E-state index contributed by atoms with van der Waals surface area (Å²) in [4.78, 5) is 38.7. The molecule has 0 radical (unpaired) electrons. The van der Waals surface area contributed by atoms with Gasteiger partial charge in [-0.25, -0.2) is 9.59 Å². The molecule has 2 aromatic heterocycles. The average Bonchev–Trinajstić information content (AvgIpc) is 3.23. The lowest BCUT2D eigenvalue weighted by molar-refractivity contribution is 0.119. The van der Waals surface area contributed by atoms with Crippen LogP contribution >= 0.6 is 0 Å². The number of hydrogen-bond donors (Lipinski definition) is 2. The molecule has 2 N–H and O–H groups in total. The number of aryl methyl sites for hydroxylation is 1. The average molecular weight is 519 g/mol. The van der Waals surface area contributed by atoms with E-state index in [1.807, 2.05) is 44.3 Å². The van der Waals surface area contributed by atoms with Crippen molar-refractivity contribution in [3.8, 4) is 11.6 Å². The van der Waals surface area contributed by atoms with Gasteiger partial charge in [0.05, 0.1) is 19.2 Å². The first kappa shape index (κ1) is 25.1. The summed E-state index contributed by atoms with van der Waals surface area (Å²) in [5, 5.41) is 18.2. The summed E-state index contributed by atoms with van der Waals surface area (Å²) in [6.45, 7) is 3.14. The summed E-state index contributed by atoms with van der Waals surface area (Å²) in [7, 11) is 3.39. The first-order valence-corrected chi connectivity index (χ1v) is 12.4. The zero-order valence-electron chi connectivity index (χ0n) is 21.5. The lowest BCUT2D eigenvalue weighted by Gasteiger charge is -2.36. The molecule has 38 heavy (non-hydrogen) atoms. The largest absolute Gasteiger partial charge is 0.497 e. The number of carboxylic acid groups (broad SMARTS) is 1. The molecule has 2 aromatic carbocycles. The maximum atomic E-state index is 13.4. The normalized spacial score (nSPS) is 17.5. The van der Waals surface area contributed by atoms with Crippen LogP contribution in [0.3, 0.4) is 0 Å². The number of hydrogen-bond acceptors (Lipinski definition) is 6. The molecule has 0 spiro atoms. The summed E-state index contributed by atoms with van der Waals surface area (Å²) < 4.78 is 9.47. The topological polar surface area (TPSA) is 124 Å². The summed E-state index contributed by atoms with van der Waals surface area (Å²) >= 11 is 0. The maximum absolute atomic E-state index is 13.4. The number of aromatic nitrogens is 4. The molecule has 11 nitrogen and oxygen atoms in total. The molecule has 1 amide bonds. The Hall–Kier alpha value is -4.54. The molecule has 0 bridgehead atoms. The Balaban J connectivity index is 1.44. The van der Waals surface area contributed by atoms with Crippen LogP contribution in [0.25, 0.3) is 16.7 Å². The quantitative estimate of drug-likeness (QED) is 0.402. The van der Waals surface area contributed by atoms with Crippen molar-refractivity contribution in [2.24, 2.45) is 13.0 Å². The van der Waals surface area contributed by atoms with Crippen LogP contribution in [-0.2, 0) is 13.6 Å². The van der Waals surface area contributed by atoms with Crippen LogP contribution in [-0.4, -0.2) is 61.3 Å². The minimum absolute atomic E-state index is 0.125. The molecule has 0 aliphatic carbocycles. The third-order valence-corrected chi connectivity index (χ3v) is 7.16. The van der Waals surface area contributed by atoms with Gasteiger partial charge in [-0.3, -0.25) is 18.6 Å². The number of amides is 1. The van der Waals surface area contributed by atoms with Crippen molar-refractivity contribution in [2.75, 3.05) is 25.5 Å². The Kier molecular flexibility index (Phi) is 6.66. The first-order chi connectivity index (χ1) is 18.2. The van der Waals surface area contributed by atoms with Crippen LogP contribution in [0.4, 0.5) is 10.5 Å². The van der Waals surface area contributed by atoms with Crippen molar-refractivity contribution >= 4 is 22.7 Å². The Labute approximate surface area is 218 Å². The smallest absolute Gasteiger partial charge is 0.407 e. The van der Waals surface area contributed by atoms with Gasteiger partial charge in [-0.15, -0.1) is 0 Å². The fourth-order valence-corrected chi connectivity index (χ4v) is 4.99. The highest BCUT2D eigenvalue weighted by Gasteiger charge is 2.28. The van der Waals surface area contributed by atoms with Crippen molar-refractivity contribution in [3.63, 3.8) is 0 Å². The van der Waals surface area contributed by atoms with Gasteiger partial charge in [-0.05, 0) is 48.2 Å². The van der Waals surface area contributed by atoms with E-state index in [9.17, 15) is 19.5 Å². The van der Waals surface area contributed by atoms with Crippen LogP contribution in [0.15, 0.2) is 64.3 Å². The number of nitrogens with one attached hydrogen (secondary N) is 1. The molecule has 1 fully saturated rings. The van der Waals surface area contributed by atoms with Crippen LogP contribution in [0, 0.1) is 5.92 Å². The van der Waals surface area contributed by atoms with Crippen molar-refractivity contribution in [1.29, 1.82) is 0 Å². The number of anilines is 1. The fourth-order valence-electron chi connectivity index (χ4n) is 4.99. The number of nitrogens with zero attached hydrogens (tertiary/aromatic N) is 5. The zero-order valence-corrected chi connectivity index (χ0v) is 21.5. The van der Waals surface area contributed by atoms with Gasteiger partial charge < -0.3 is 20.1 Å². The van der Waals surface area contributed by atoms with Crippen LogP contribution in [0.5, 0.6) is 5.75 Å². The standard InChI is InChI=1S/C27H30N6O5/c1-17-15-31(27(36)37)12-10-22(17)28-19-6-9-21-23(14-19)30(2)29-25(21)32-13-11-24(34)33(26(32)35)16-18-4-7-20(38-3)8-5-18/h4-9,11,13-14,17,22,28H,10,12,15-16H2,1-3H3,(H,36,37)/t17-,22-/m1/s1. The number of fused-ring (bicyclic) bond motifs is 1. The number of likely N-dealkylation sites (tertiary alicyclic amines) is 1. The molecular formula is C27H30N6O5. The zero-order chi connectivity index (χ0) is 27.0. The highest BCUT2D eigenvalue weighted by Crippen LogP contribution is 2.27. The molecule has 1 saturated heterocycles. The van der Waals surface area contributed by atoms with Gasteiger partial charge in [0.2, 0.25) is 0 Å². The molecule has 0 unspecified atom stereocenters. The Morgan fingerprint density at radius 2 is 1.92 bits per heavy atom. The van der Waals surface area contributed by atoms with Gasteiger partial charge in [-0.1, -0.05) is 19.1 Å². The second-order valence-corrected chi connectivity index (χ2v) is 9.67. The number of methoxy groups -OCH3 is 1. The number of rotatable bonds is 6. The predicted molar refractivity (Wildman–Crippen MR) is 143 cm³/mol. The van der Waals surface area contributed by atoms with Crippen molar-refractivity contribution in [3.05, 3.63) is 81.1 Å². The van der Waals surface area contributed by atoms with Gasteiger partial charge in [0.15, 0.2) is 5.82 Å². The Bertz CT molecular complexity index is 1600. The van der Waals surface area contributed by atoms with E-state index in [0.717, 1.165) is 22.2 Å². The maximum Gasteiger partial charge on any atom is 0.407 e. The van der Waals surface area contributed by atoms with Crippen molar-refractivity contribution < 1.29 is 14.6 Å². The lowest BCUT2D eigenvalue weighted by Crippen LogP contribution is -2.47. The van der Waals surface area contributed by atoms with Gasteiger partial charge >= 0.3 is 11.8 Å². The van der Waals surface area contributed by atoms with Crippen LogP contribution in [0.2, 0.25) is 0 Å². The fraction of sp³-hybridized carbons (Fsp3) is 0.333. The Morgan fingerprint density at radius 3 is 2.61 bits per heavy atom. The third-order valence-electron chi connectivity index (χ3n) is 7.16. The number of carbonyl (C=O) groups is 1. The van der Waals surface area contributed by atoms with Gasteiger partial charge in [0.1, 0.15) is 5.75 Å². The highest BCUT2D eigenvalue weighted by molar-refractivity contribution is 5.89. The second-order valence-electron chi connectivity index (χ2n) is 9.67. The molecule has 11 heteroatoms. The highest BCUT2D eigenvalue weighted by atomic mass is 16.5. The molecule has 4 aromatic rings. The van der Waals surface area contributed by atoms with Gasteiger partial charge in [-0.2, -0.15) is 5.10 Å². The summed E-state index contributed by atoms with van der Waals surface area (Å²) in [5.74, 6) is 1.29. The summed E-state index contributed by atoms with van der Waals surface area (Å²) in [6, 6.07) is 14.5. The first-order valence-electron chi connectivity index (χ1n) is 12.4. The van der Waals surface area contributed by atoms with E-state index in [2.05, 4.69) is 10.4 Å². The van der Waals surface area contributed by atoms with E-state index in [1.54, 1.807) is 23.9 Å². The van der Waals surface area contributed by atoms with Gasteiger partial charge in [0.25, 0.3) is 5.56 Å². The van der Waals surface area contributed by atoms with E-state index in [1.165, 1.54) is 26.3 Å². The molecule has 1 aliphatic heterocycles. The van der Waals surface area contributed by atoms with Gasteiger partial charge in [0, 0.05) is 49.5 Å². The van der Waals surface area contributed by atoms with E-state index in [4.69, 9.17) is 4.74 Å². The van der Waals surface area contributed by atoms with Crippen LogP contribution in [0.1, 0.15) is 18.9 Å². The predicted octanol–water partition coefficient (Wildman–Crippen LogP) is 2.74. The lowest BCUT2D eigenvalue weighted by atomic mass is 9.94.